The SMILES string of the molecule is O=S(=O)(O)c1ccccc1CCl. The van der Waals surface area contributed by atoms with E-state index in [1.54, 1.807) is 12.1 Å². The van der Waals surface area contributed by atoms with Crippen molar-refractivity contribution in [3.05, 3.63) is 29.8 Å². The van der Waals surface area contributed by atoms with Crippen molar-refractivity contribution >= 4 is 21.7 Å². The quantitative estimate of drug-likeness (QED) is 0.592. The van der Waals surface area contributed by atoms with E-state index < -0.39 is 10.1 Å². The van der Waals surface area contributed by atoms with Crippen molar-refractivity contribution < 1.29 is 13.0 Å². The molecule has 0 unspecified atom stereocenters. The maximum atomic E-state index is 10.7. The average molecular weight is 207 g/mol. The van der Waals surface area contributed by atoms with Crippen molar-refractivity contribution in [2.24, 2.45) is 0 Å². The molecule has 0 aliphatic heterocycles. The highest BCUT2D eigenvalue weighted by Crippen LogP contribution is 2.16. The second-order valence-electron chi connectivity index (χ2n) is 2.22. The van der Waals surface area contributed by atoms with Crippen LogP contribution in [0.5, 0.6) is 0 Å². The Labute approximate surface area is 75.7 Å². The van der Waals surface area contributed by atoms with Crippen molar-refractivity contribution in [1.29, 1.82) is 0 Å². The first kappa shape index (κ1) is 9.51. The maximum Gasteiger partial charge on any atom is 0.294 e. The normalized spacial score (nSPS) is 11.5. The van der Waals surface area contributed by atoms with Crippen molar-refractivity contribution in [3.8, 4) is 0 Å². The van der Waals surface area contributed by atoms with E-state index in [1.165, 1.54) is 12.1 Å². The molecule has 0 saturated heterocycles. The molecule has 1 N–H and O–H groups in total. The summed E-state index contributed by atoms with van der Waals surface area (Å²) in [6.45, 7) is 0. The summed E-state index contributed by atoms with van der Waals surface area (Å²) in [5.74, 6) is 0.0654. The Morgan fingerprint density at radius 1 is 1.33 bits per heavy atom. The summed E-state index contributed by atoms with van der Waals surface area (Å²) in [7, 11) is -4.13. The van der Waals surface area contributed by atoms with Gasteiger partial charge < -0.3 is 0 Å². The molecule has 0 spiro atoms. The third-order valence-electron chi connectivity index (χ3n) is 1.39. The predicted octanol–water partition coefficient (Wildman–Crippen LogP) is 1.67. The van der Waals surface area contributed by atoms with Gasteiger partial charge in [-0.3, -0.25) is 4.55 Å². The molecule has 0 radical (unpaired) electrons. The van der Waals surface area contributed by atoms with Gasteiger partial charge in [-0.05, 0) is 11.6 Å². The van der Waals surface area contributed by atoms with Gasteiger partial charge in [-0.1, -0.05) is 18.2 Å². The zero-order valence-corrected chi connectivity index (χ0v) is 7.64. The lowest BCUT2D eigenvalue weighted by Crippen LogP contribution is -2.01. The Balaban J connectivity index is 3.33. The van der Waals surface area contributed by atoms with Gasteiger partial charge in [-0.15, -0.1) is 11.6 Å². The molecule has 1 rings (SSSR count). The molecule has 0 bridgehead atoms. The number of hydrogen-bond acceptors (Lipinski definition) is 2. The van der Waals surface area contributed by atoms with Crippen molar-refractivity contribution in [3.63, 3.8) is 0 Å². The highest BCUT2D eigenvalue weighted by Gasteiger charge is 2.12. The first-order valence-corrected chi connectivity index (χ1v) is 5.14. The van der Waals surface area contributed by atoms with E-state index in [2.05, 4.69) is 0 Å². The van der Waals surface area contributed by atoms with Gasteiger partial charge in [-0.2, -0.15) is 8.42 Å². The minimum atomic E-state index is -4.13. The highest BCUT2D eigenvalue weighted by atomic mass is 35.5. The number of alkyl halides is 1. The Kier molecular flexibility index (Phi) is 2.72. The smallest absolute Gasteiger partial charge is 0.282 e. The van der Waals surface area contributed by atoms with E-state index >= 15 is 0 Å². The van der Waals surface area contributed by atoms with Crippen LogP contribution in [-0.2, 0) is 16.0 Å². The molecule has 5 heteroatoms. The molecule has 0 saturated carbocycles. The van der Waals surface area contributed by atoms with E-state index in [-0.39, 0.29) is 10.8 Å². The molecule has 0 heterocycles. The van der Waals surface area contributed by atoms with Crippen LogP contribution in [0.3, 0.4) is 0 Å². The highest BCUT2D eigenvalue weighted by molar-refractivity contribution is 7.85. The average Bonchev–Trinajstić information content (AvgIpc) is 2.03. The molecule has 0 aliphatic carbocycles. The third-order valence-corrected chi connectivity index (χ3v) is 2.64. The standard InChI is InChI=1S/C7H7ClO3S/c8-5-6-3-1-2-4-7(6)12(9,10)11/h1-4H,5H2,(H,9,10,11). The lowest BCUT2D eigenvalue weighted by atomic mass is 10.2. The van der Waals surface area contributed by atoms with Crippen LogP contribution in [0.2, 0.25) is 0 Å². The van der Waals surface area contributed by atoms with Gasteiger partial charge in [0.05, 0.1) is 4.90 Å². The van der Waals surface area contributed by atoms with Gasteiger partial charge in [-0.25, -0.2) is 0 Å². The third kappa shape index (κ3) is 1.97. The molecule has 12 heavy (non-hydrogen) atoms. The van der Waals surface area contributed by atoms with E-state index in [0.717, 1.165) is 0 Å². The Morgan fingerprint density at radius 3 is 2.33 bits per heavy atom. The van der Waals surface area contributed by atoms with Crippen LogP contribution in [-0.4, -0.2) is 13.0 Å². The zero-order valence-electron chi connectivity index (χ0n) is 6.07. The second kappa shape index (κ2) is 3.43. The predicted molar refractivity (Wildman–Crippen MR) is 45.8 cm³/mol. The molecule has 0 atom stereocenters. The fraction of sp³-hybridized carbons (Fsp3) is 0.143. The summed E-state index contributed by atoms with van der Waals surface area (Å²) in [6.07, 6.45) is 0. The summed E-state index contributed by atoms with van der Waals surface area (Å²) < 4.78 is 30.1. The van der Waals surface area contributed by atoms with E-state index in [0.29, 0.717) is 5.56 Å². The van der Waals surface area contributed by atoms with Gasteiger partial charge in [0.1, 0.15) is 0 Å². The summed E-state index contributed by atoms with van der Waals surface area (Å²) >= 11 is 5.46. The van der Waals surface area contributed by atoms with Crippen LogP contribution >= 0.6 is 11.6 Å². The van der Waals surface area contributed by atoms with Gasteiger partial charge in [0.2, 0.25) is 0 Å². The van der Waals surface area contributed by atoms with Crippen molar-refractivity contribution in [2.45, 2.75) is 10.8 Å². The fourth-order valence-electron chi connectivity index (χ4n) is 0.866. The molecule has 0 aliphatic rings. The number of hydrogen-bond donors (Lipinski definition) is 1. The molecule has 0 amide bonds. The van der Waals surface area contributed by atoms with Gasteiger partial charge in [0.15, 0.2) is 0 Å². The van der Waals surface area contributed by atoms with Crippen LogP contribution in [0.4, 0.5) is 0 Å². The summed E-state index contributed by atoms with van der Waals surface area (Å²) in [6, 6.07) is 6.05. The largest absolute Gasteiger partial charge is 0.294 e. The maximum absolute atomic E-state index is 10.7. The van der Waals surface area contributed by atoms with Crippen molar-refractivity contribution in [1.82, 2.24) is 0 Å². The van der Waals surface area contributed by atoms with Crippen molar-refractivity contribution in [2.75, 3.05) is 0 Å². The van der Waals surface area contributed by atoms with E-state index in [4.69, 9.17) is 16.2 Å². The van der Waals surface area contributed by atoms with Crippen LogP contribution in [0.25, 0.3) is 0 Å². The first-order chi connectivity index (χ1) is 5.55. The van der Waals surface area contributed by atoms with E-state index in [1.807, 2.05) is 0 Å². The number of halogens is 1. The monoisotopic (exact) mass is 206 g/mol. The molecular weight excluding hydrogens is 200 g/mol. The van der Waals surface area contributed by atoms with E-state index in [9.17, 15) is 8.42 Å². The molecular formula is C7H7ClO3S. The molecule has 3 nitrogen and oxygen atoms in total. The van der Waals surface area contributed by atoms with Gasteiger partial charge in [0, 0.05) is 5.88 Å². The summed E-state index contributed by atoms with van der Waals surface area (Å²) in [4.78, 5) is -0.125. The molecule has 1 aromatic rings. The second-order valence-corrected chi connectivity index (χ2v) is 3.87. The van der Waals surface area contributed by atoms with Crippen LogP contribution in [0.15, 0.2) is 29.2 Å². The zero-order chi connectivity index (χ0) is 9.19. The molecule has 0 aromatic heterocycles. The van der Waals surface area contributed by atoms with Gasteiger partial charge >= 0.3 is 0 Å². The lowest BCUT2D eigenvalue weighted by molar-refractivity contribution is 0.482. The molecule has 1 aromatic carbocycles. The number of benzene rings is 1. The van der Waals surface area contributed by atoms with Crippen LogP contribution in [0.1, 0.15) is 5.56 Å². The fourth-order valence-corrected chi connectivity index (χ4v) is 1.90. The summed E-state index contributed by atoms with van der Waals surface area (Å²) in [5, 5.41) is 0. The molecule has 66 valence electrons. The lowest BCUT2D eigenvalue weighted by Gasteiger charge is -2.01. The van der Waals surface area contributed by atoms with Crippen LogP contribution < -0.4 is 0 Å². The Morgan fingerprint density at radius 2 is 1.92 bits per heavy atom. The Hall–Kier alpha value is -0.580. The minimum absolute atomic E-state index is 0.0654. The number of rotatable bonds is 2. The Bertz CT molecular complexity index is 372. The first-order valence-electron chi connectivity index (χ1n) is 3.17. The van der Waals surface area contributed by atoms with Crippen LogP contribution in [0, 0.1) is 0 Å². The minimum Gasteiger partial charge on any atom is -0.282 e. The topological polar surface area (TPSA) is 54.4 Å². The summed E-state index contributed by atoms with van der Waals surface area (Å²) in [5.41, 5.74) is 0.404. The molecule has 0 fully saturated rings. The van der Waals surface area contributed by atoms with Gasteiger partial charge in [0.25, 0.3) is 10.1 Å².